The minimum Gasteiger partial charge on any atom is -0.383 e. The summed E-state index contributed by atoms with van der Waals surface area (Å²) in [6.07, 6.45) is -11.0. The lowest BCUT2D eigenvalue weighted by Gasteiger charge is -2.32. The molecule has 0 saturated carbocycles. The Balaban J connectivity index is 0.00000232. The molecule has 134 valence electrons. The van der Waals surface area contributed by atoms with Gasteiger partial charge in [0, 0.05) is 17.3 Å². The van der Waals surface area contributed by atoms with Crippen molar-refractivity contribution >= 4 is 5.69 Å². The average molecular weight is 345 g/mol. The Morgan fingerprint density at radius 1 is 0.957 bits per heavy atom. The summed E-state index contributed by atoms with van der Waals surface area (Å²) in [5.41, 5.74) is -5.77. The molecule has 23 heavy (non-hydrogen) atoms. The minimum atomic E-state index is -5.86. The predicted octanol–water partition coefficient (Wildman–Crippen LogP) is 5.24. The zero-order valence-corrected chi connectivity index (χ0v) is 13.3. The van der Waals surface area contributed by atoms with E-state index < -0.39 is 23.5 Å². The van der Waals surface area contributed by atoms with E-state index in [0.717, 1.165) is 18.6 Å². The summed E-state index contributed by atoms with van der Waals surface area (Å²) in [6.45, 7) is 7.69. The molecule has 0 amide bonds. The van der Waals surface area contributed by atoms with Gasteiger partial charge in [0.25, 0.3) is 5.60 Å². The fourth-order valence-electron chi connectivity index (χ4n) is 1.68. The molecular weight excluding hydrogens is 324 g/mol. The van der Waals surface area contributed by atoms with Gasteiger partial charge in [-0.05, 0) is 25.5 Å². The number of anilines is 1. The van der Waals surface area contributed by atoms with E-state index in [1.54, 1.807) is 0 Å². The summed E-state index contributed by atoms with van der Waals surface area (Å²) in [4.78, 5) is 0. The van der Waals surface area contributed by atoms with Crippen LogP contribution in [-0.2, 0) is 5.60 Å². The van der Waals surface area contributed by atoms with Gasteiger partial charge in [0.15, 0.2) is 0 Å². The number of alkyl halides is 6. The lowest BCUT2D eigenvalue weighted by Crippen LogP contribution is -2.53. The Labute approximate surface area is 131 Å². The van der Waals surface area contributed by atoms with Gasteiger partial charge in [-0.3, -0.25) is 0 Å². The number of rotatable bonds is 4. The van der Waals surface area contributed by atoms with E-state index >= 15 is 0 Å². The van der Waals surface area contributed by atoms with Crippen LogP contribution < -0.4 is 5.32 Å². The highest BCUT2D eigenvalue weighted by Gasteiger charge is 2.71. The number of aliphatic hydroxyl groups is 1. The van der Waals surface area contributed by atoms with Crippen molar-refractivity contribution in [3.63, 3.8) is 0 Å². The predicted molar refractivity (Wildman–Crippen MR) is 77.2 cm³/mol. The smallest absolute Gasteiger partial charge is 0.383 e. The number of hydrogen-bond acceptors (Lipinski definition) is 2. The Morgan fingerprint density at radius 2 is 1.35 bits per heavy atom. The Kier molecular flexibility index (Phi) is 7.40. The largest absolute Gasteiger partial charge is 0.430 e. The maximum Gasteiger partial charge on any atom is 0.430 e. The monoisotopic (exact) mass is 345 g/mol. The van der Waals surface area contributed by atoms with Gasteiger partial charge in [0.1, 0.15) is 0 Å². The van der Waals surface area contributed by atoms with E-state index in [4.69, 9.17) is 0 Å². The summed E-state index contributed by atoms with van der Waals surface area (Å²) < 4.78 is 76.0. The van der Waals surface area contributed by atoms with Crippen molar-refractivity contribution in [1.29, 1.82) is 0 Å². The lowest BCUT2D eigenvalue weighted by molar-refractivity contribution is -0.376. The molecule has 8 heteroatoms. The van der Waals surface area contributed by atoms with Crippen LogP contribution in [0.15, 0.2) is 24.3 Å². The van der Waals surface area contributed by atoms with Crippen LogP contribution in [0.25, 0.3) is 0 Å². The number of hydrogen-bond donors (Lipinski definition) is 2. The standard InChI is InChI=1S/C13H15F6NO.C2H6/c1-3-8(2)20-10-6-4-9(5-7-10)11(21,12(14,15)16)13(17,18)19;1-2/h4-8,20-21H,3H2,1-2H3;1-2H3. The summed E-state index contributed by atoms with van der Waals surface area (Å²) >= 11 is 0. The maximum atomic E-state index is 12.7. The van der Waals surface area contributed by atoms with Gasteiger partial charge in [-0.2, -0.15) is 26.3 Å². The molecule has 1 aromatic rings. The quantitative estimate of drug-likeness (QED) is 0.732. The molecule has 1 unspecified atom stereocenters. The van der Waals surface area contributed by atoms with Crippen molar-refractivity contribution < 1.29 is 31.4 Å². The Morgan fingerprint density at radius 3 is 1.65 bits per heavy atom. The maximum absolute atomic E-state index is 12.7. The summed E-state index contributed by atoms with van der Waals surface area (Å²) in [6, 6.07) is 3.39. The van der Waals surface area contributed by atoms with Crippen LogP contribution in [0.2, 0.25) is 0 Å². The first kappa shape index (κ1) is 21.6. The van der Waals surface area contributed by atoms with Crippen molar-refractivity contribution in [2.24, 2.45) is 0 Å². The van der Waals surface area contributed by atoms with Gasteiger partial charge in [0.05, 0.1) is 0 Å². The molecule has 0 aliphatic carbocycles. The van der Waals surface area contributed by atoms with Crippen molar-refractivity contribution in [3.8, 4) is 0 Å². The normalized spacial score (nSPS) is 13.9. The molecule has 0 aromatic heterocycles. The van der Waals surface area contributed by atoms with Crippen molar-refractivity contribution in [2.45, 2.75) is 58.1 Å². The summed E-state index contributed by atoms with van der Waals surface area (Å²) in [7, 11) is 0. The molecule has 0 heterocycles. The molecule has 2 N–H and O–H groups in total. The Bertz CT molecular complexity index is 452. The van der Waals surface area contributed by atoms with E-state index in [-0.39, 0.29) is 6.04 Å². The fraction of sp³-hybridized carbons (Fsp3) is 0.600. The van der Waals surface area contributed by atoms with Gasteiger partial charge in [-0.25, -0.2) is 0 Å². The number of nitrogens with one attached hydrogen (secondary N) is 1. The SMILES string of the molecule is CC.CCC(C)Nc1ccc(C(O)(C(F)(F)F)C(F)(F)F)cc1. The molecule has 1 aromatic carbocycles. The molecule has 0 fully saturated rings. The highest BCUT2D eigenvalue weighted by Crippen LogP contribution is 2.50. The highest BCUT2D eigenvalue weighted by molar-refractivity contribution is 5.46. The van der Waals surface area contributed by atoms with Crippen LogP contribution in [-0.4, -0.2) is 23.5 Å². The van der Waals surface area contributed by atoms with Crippen LogP contribution in [0.1, 0.15) is 39.7 Å². The first-order valence-corrected chi connectivity index (χ1v) is 7.16. The van der Waals surface area contributed by atoms with Crippen LogP contribution in [0.4, 0.5) is 32.0 Å². The lowest BCUT2D eigenvalue weighted by atomic mass is 9.92. The summed E-state index contributed by atoms with van der Waals surface area (Å²) in [5.74, 6) is 0. The third-order valence-corrected chi connectivity index (χ3v) is 3.15. The minimum absolute atomic E-state index is 0.0139. The first-order valence-electron chi connectivity index (χ1n) is 7.16. The molecule has 1 atom stereocenters. The van der Waals surface area contributed by atoms with Gasteiger partial charge < -0.3 is 10.4 Å². The molecule has 0 bridgehead atoms. The molecule has 0 spiro atoms. The number of halogens is 6. The second-order valence-corrected chi connectivity index (χ2v) is 4.74. The third kappa shape index (κ3) is 4.76. The van der Waals surface area contributed by atoms with Gasteiger partial charge >= 0.3 is 12.4 Å². The van der Waals surface area contributed by atoms with E-state index in [1.807, 2.05) is 27.7 Å². The van der Waals surface area contributed by atoms with Gasteiger partial charge in [-0.1, -0.05) is 32.9 Å². The van der Waals surface area contributed by atoms with Crippen molar-refractivity contribution in [2.75, 3.05) is 5.32 Å². The van der Waals surface area contributed by atoms with Gasteiger partial charge in [0.2, 0.25) is 0 Å². The second kappa shape index (κ2) is 7.90. The van der Waals surface area contributed by atoms with Gasteiger partial charge in [-0.15, -0.1) is 0 Å². The van der Waals surface area contributed by atoms with E-state index in [1.165, 1.54) is 0 Å². The van der Waals surface area contributed by atoms with E-state index in [9.17, 15) is 31.4 Å². The van der Waals surface area contributed by atoms with Crippen LogP contribution in [0, 0.1) is 0 Å². The topological polar surface area (TPSA) is 32.3 Å². The second-order valence-electron chi connectivity index (χ2n) is 4.74. The van der Waals surface area contributed by atoms with Crippen molar-refractivity contribution in [1.82, 2.24) is 0 Å². The zero-order valence-electron chi connectivity index (χ0n) is 13.3. The highest BCUT2D eigenvalue weighted by atomic mass is 19.4. The molecule has 1 rings (SSSR count). The molecule has 0 aliphatic rings. The molecule has 0 radical (unpaired) electrons. The molecule has 0 saturated heterocycles. The molecule has 2 nitrogen and oxygen atoms in total. The Hall–Kier alpha value is -1.44. The first-order chi connectivity index (χ1) is 10.4. The number of benzene rings is 1. The molecular formula is C15H21F6NO. The summed E-state index contributed by atoms with van der Waals surface area (Å²) in [5, 5.41) is 12.1. The van der Waals surface area contributed by atoms with Crippen LogP contribution in [0.5, 0.6) is 0 Å². The zero-order chi connectivity index (χ0) is 18.5. The third-order valence-electron chi connectivity index (χ3n) is 3.15. The molecule has 0 aliphatic heterocycles. The van der Waals surface area contributed by atoms with Crippen LogP contribution >= 0.6 is 0 Å². The fourth-order valence-corrected chi connectivity index (χ4v) is 1.68. The average Bonchev–Trinajstić information content (AvgIpc) is 2.46. The van der Waals surface area contributed by atoms with E-state index in [0.29, 0.717) is 17.8 Å². The van der Waals surface area contributed by atoms with Crippen LogP contribution in [0.3, 0.4) is 0 Å². The van der Waals surface area contributed by atoms with Crippen molar-refractivity contribution in [3.05, 3.63) is 29.8 Å². The van der Waals surface area contributed by atoms with E-state index in [2.05, 4.69) is 5.32 Å².